The Kier molecular flexibility index (Phi) is 5.71. The maximum Gasteiger partial charge on any atom is 0.282 e. The van der Waals surface area contributed by atoms with Gasteiger partial charge in [0.2, 0.25) is 0 Å². The fraction of sp³-hybridized carbons (Fsp3) is 0.278. The molecule has 2 aromatic rings. The van der Waals surface area contributed by atoms with Crippen LogP contribution in [0.4, 0.5) is 10.1 Å². The highest BCUT2D eigenvalue weighted by atomic mass is 19.1. The van der Waals surface area contributed by atoms with Crippen LogP contribution in [0.2, 0.25) is 0 Å². The third-order valence-corrected chi connectivity index (χ3v) is 3.75. The standard InChI is InChI=1S/C18H21FN2O2/c1-12(14-8-4-7-11-17(14)23-3)20-13(2)18(22)21-16-10-6-5-9-15(16)19/h4-13,20H,1-3H3,(H,21,22)/p+1/t12-,13-/m1/s1. The molecule has 5 heteroatoms. The minimum absolute atomic E-state index is 0.0347. The summed E-state index contributed by atoms with van der Waals surface area (Å²) >= 11 is 0. The molecule has 4 nitrogen and oxygen atoms in total. The molecule has 3 N–H and O–H groups in total. The molecule has 1 amide bonds. The molecule has 0 aliphatic rings. The van der Waals surface area contributed by atoms with E-state index in [0.717, 1.165) is 11.3 Å². The number of hydrogen-bond acceptors (Lipinski definition) is 2. The number of nitrogens with one attached hydrogen (secondary N) is 1. The van der Waals surface area contributed by atoms with Crippen molar-refractivity contribution < 1.29 is 19.2 Å². The summed E-state index contributed by atoms with van der Waals surface area (Å²) in [5, 5.41) is 4.54. The number of carbonyl (C=O) groups excluding carboxylic acids is 1. The molecule has 0 aliphatic carbocycles. The molecule has 2 rings (SSSR count). The van der Waals surface area contributed by atoms with Crippen molar-refractivity contribution in [1.29, 1.82) is 0 Å². The number of para-hydroxylation sites is 2. The van der Waals surface area contributed by atoms with E-state index in [4.69, 9.17) is 4.74 Å². The van der Waals surface area contributed by atoms with Gasteiger partial charge in [0, 0.05) is 0 Å². The normalized spacial score (nSPS) is 13.2. The van der Waals surface area contributed by atoms with Crippen LogP contribution in [0.3, 0.4) is 0 Å². The molecule has 0 fully saturated rings. The zero-order valence-corrected chi connectivity index (χ0v) is 13.5. The summed E-state index contributed by atoms with van der Waals surface area (Å²) in [6.07, 6.45) is 0. The van der Waals surface area contributed by atoms with Gasteiger partial charge in [0.15, 0.2) is 6.04 Å². The van der Waals surface area contributed by atoms with Gasteiger partial charge in [0.25, 0.3) is 5.91 Å². The van der Waals surface area contributed by atoms with Gasteiger partial charge in [-0.1, -0.05) is 24.3 Å². The Morgan fingerprint density at radius 3 is 2.48 bits per heavy atom. The zero-order valence-electron chi connectivity index (χ0n) is 13.5. The minimum Gasteiger partial charge on any atom is -0.496 e. The monoisotopic (exact) mass is 317 g/mol. The summed E-state index contributed by atoms with van der Waals surface area (Å²) in [7, 11) is 1.62. The Hall–Kier alpha value is -2.40. The number of rotatable bonds is 6. The van der Waals surface area contributed by atoms with Gasteiger partial charge in [0.1, 0.15) is 17.6 Å². The van der Waals surface area contributed by atoms with Crippen LogP contribution in [0.25, 0.3) is 0 Å². The predicted octanol–water partition coefficient (Wildman–Crippen LogP) is 2.49. The molecule has 0 bridgehead atoms. The van der Waals surface area contributed by atoms with Gasteiger partial charge in [-0.2, -0.15) is 0 Å². The second-order valence-electron chi connectivity index (χ2n) is 5.48. The van der Waals surface area contributed by atoms with Crippen LogP contribution in [-0.2, 0) is 4.79 Å². The second kappa shape index (κ2) is 7.74. The molecule has 0 saturated carbocycles. The summed E-state index contributed by atoms with van der Waals surface area (Å²) in [5.74, 6) is 0.112. The molecule has 0 spiro atoms. The molecule has 0 aromatic heterocycles. The van der Waals surface area contributed by atoms with Gasteiger partial charge in [-0.25, -0.2) is 4.39 Å². The van der Waals surface area contributed by atoms with E-state index in [1.54, 1.807) is 32.2 Å². The number of methoxy groups -OCH3 is 1. The predicted molar refractivity (Wildman–Crippen MR) is 87.8 cm³/mol. The van der Waals surface area contributed by atoms with Gasteiger partial charge in [-0.15, -0.1) is 0 Å². The molecule has 0 heterocycles. The van der Waals surface area contributed by atoms with E-state index in [2.05, 4.69) is 5.32 Å². The Labute approximate surface area is 135 Å². The third-order valence-electron chi connectivity index (χ3n) is 3.75. The van der Waals surface area contributed by atoms with E-state index in [9.17, 15) is 9.18 Å². The Morgan fingerprint density at radius 1 is 1.13 bits per heavy atom. The lowest BCUT2D eigenvalue weighted by Gasteiger charge is -2.18. The molecular formula is C18H22FN2O2+. The maximum atomic E-state index is 13.6. The number of hydrogen-bond donors (Lipinski definition) is 2. The van der Waals surface area contributed by atoms with Crippen molar-refractivity contribution in [3.8, 4) is 5.75 Å². The van der Waals surface area contributed by atoms with Crippen LogP contribution in [0, 0.1) is 5.82 Å². The number of benzene rings is 2. The highest BCUT2D eigenvalue weighted by Crippen LogP contribution is 2.22. The Bertz CT molecular complexity index is 676. The summed E-state index contributed by atoms with van der Waals surface area (Å²) in [6.45, 7) is 3.80. The van der Waals surface area contributed by atoms with Crippen LogP contribution in [0.15, 0.2) is 48.5 Å². The quantitative estimate of drug-likeness (QED) is 0.860. The number of halogens is 1. The van der Waals surface area contributed by atoms with Crippen molar-refractivity contribution in [3.63, 3.8) is 0 Å². The van der Waals surface area contributed by atoms with Crippen LogP contribution in [0.1, 0.15) is 25.5 Å². The SMILES string of the molecule is COc1ccccc1[C@@H](C)[NH2+][C@H](C)C(=O)Nc1ccccc1F. The van der Waals surface area contributed by atoms with Gasteiger partial charge in [0.05, 0.1) is 18.4 Å². The van der Waals surface area contributed by atoms with E-state index in [-0.39, 0.29) is 23.7 Å². The van der Waals surface area contributed by atoms with Crippen LogP contribution in [-0.4, -0.2) is 19.1 Å². The summed E-state index contributed by atoms with van der Waals surface area (Å²) in [5.41, 5.74) is 1.21. The first kappa shape index (κ1) is 17.0. The summed E-state index contributed by atoms with van der Waals surface area (Å²) in [4.78, 5) is 12.2. The van der Waals surface area contributed by atoms with Crippen LogP contribution >= 0.6 is 0 Å². The average Bonchev–Trinajstić information content (AvgIpc) is 2.56. The van der Waals surface area contributed by atoms with Gasteiger partial charge >= 0.3 is 0 Å². The topological polar surface area (TPSA) is 54.9 Å². The van der Waals surface area contributed by atoms with E-state index in [1.165, 1.54) is 6.07 Å². The molecule has 2 aromatic carbocycles. The molecule has 0 saturated heterocycles. The lowest BCUT2D eigenvalue weighted by Crippen LogP contribution is -2.91. The molecule has 2 atom stereocenters. The Balaban J connectivity index is 2.02. The van der Waals surface area contributed by atoms with E-state index < -0.39 is 5.82 Å². The molecular weight excluding hydrogens is 295 g/mol. The number of carbonyl (C=O) groups is 1. The fourth-order valence-corrected chi connectivity index (χ4v) is 2.48. The molecule has 0 unspecified atom stereocenters. The van der Waals surface area contributed by atoms with Crippen LogP contribution < -0.4 is 15.4 Å². The molecule has 23 heavy (non-hydrogen) atoms. The van der Waals surface area contributed by atoms with Crippen molar-refractivity contribution in [1.82, 2.24) is 0 Å². The summed E-state index contributed by atoms with van der Waals surface area (Å²) < 4.78 is 18.9. The largest absolute Gasteiger partial charge is 0.496 e. The van der Waals surface area contributed by atoms with Gasteiger partial charge in [-0.05, 0) is 38.1 Å². The van der Waals surface area contributed by atoms with E-state index in [1.807, 2.05) is 36.5 Å². The van der Waals surface area contributed by atoms with Crippen molar-refractivity contribution in [2.75, 3.05) is 12.4 Å². The number of ether oxygens (including phenoxy) is 1. The average molecular weight is 317 g/mol. The highest BCUT2D eigenvalue weighted by molar-refractivity contribution is 5.93. The third kappa shape index (κ3) is 4.29. The summed E-state index contributed by atoms with van der Waals surface area (Å²) in [6, 6.07) is 13.5. The lowest BCUT2D eigenvalue weighted by molar-refractivity contribution is -0.709. The maximum absolute atomic E-state index is 13.6. The van der Waals surface area contributed by atoms with Crippen LogP contribution in [0.5, 0.6) is 5.75 Å². The number of nitrogens with two attached hydrogens (primary N) is 1. The number of quaternary nitrogens is 1. The van der Waals surface area contributed by atoms with E-state index >= 15 is 0 Å². The second-order valence-corrected chi connectivity index (χ2v) is 5.48. The van der Waals surface area contributed by atoms with Gasteiger partial charge < -0.3 is 15.4 Å². The lowest BCUT2D eigenvalue weighted by atomic mass is 10.1. The smallest absolute Gasteiger partial charge is 0.282 e. The molecule has 0 aliphatic heterocycles. The highest BCUT2D eigenvalue weighted by Gasteiger charge is 2.22. The van der Waals surface area contributed by atoms with Crippen molar-refractivity contribution in [3.05, 3.63) is 59.9 Å². The molecule has 0 radical (unpaired) electrons. The molecule has 122 valence electrons. The first-order chi connectivity index (χ1) is 11.0. The first-order valence-corrected chi connectivity index (χ1v) is 7.56. The number of amides is 1. The number of anilines is 1. The Morgan fingerprint density at radius 2 is 1.78 bits per heavy atom. The first-order valence-electron chi connectivity index (χ1n) is 7.56. The van der Waals surface area contributed by atoms with Gasteiger partial charge in [-0.3, -0.25) is 4.79 Å². The zero-order chi connectivity index (χ0) is 16.8. The van der Waals surface area contributed by atoms with E-state index in [0.29, 0.717) is 0 Å². The minimum atomic E-state index is -0.439. The van der Waals surface area contributed by atoms with Crippen molar-refractivity contribution >= 4 is 11.6 Å². The fourth-order valence-electron chi connectivity index (χ4n) is 2.48. The van der Waals surface area contributed by atoms with Crippen molar-refractivity contribution in [2.24, 2.45) is 0 Å². The van der Waals surface area contributed by atoms with Crippen molar-refractivity contribution in [2.45, 2.75) is 25.9 Å².